The summed E-state index contributed by atoms with van der Waals surface area (Å²) in [6.45, 7) is 0. The van der Waals surface area contributed by atoms with E-state index < -0.39 is 17.5 Å². The summed E-state index contributed by atoms with van der Waals surface area (Å²) in [5.41, 5.74) is 0.703. The van der Waals surface area contributed by atoms with Gasteiger partial charge in [0.1, 0.15) is 5.82 Å². The van der Waals surface area contributed by atoms with E-state index in [9.17, 15) is 13.6 Å². The summed E-state index contributed by atoms with van der Waals surface area (Å²) in [4.78, 5) is 13.6. The van der Waals surface area contributed by atoms with Gasteiger partial charge in [0.2, 0.25) is 0 Å². The third-order valence-corrected chi connectivity index (χ3v) is 5.86. The minimum absolute atomic E-state index is 0.0454. The van der Waals surface area contributed by atoms with Crippen molar-refractivity contribution >= 4 is 17.0 Å². The van der Waals surface area contributed by atoms with E-state index in [0.29, 0.717) is 17.3 Å². The molecule has 0 atom stereocenters. The Kier molecular flexibility index (Phi) is 5.61. The van der Waals surface area contributed by atoms with E-state index in [1.54, 1.807) is 26.2 Å². The predicted molar refractivity (Wildman–Crippen MR) is 97.9 cm³/mol. The zero-order valence-corrected chi connectivity index (χ0v) is 15.5. The molecule has 0 N–H and O–H groups in total. The molecule has 0 aliphatic heterocycles. The van der Waals surface area contributed by atoms with Crippen LogP contribution < -0.4 is 0 Å². The smallest absolute Gasteiger partial charge is 0.286 e. The van der Waals surface area contributed by atoms with Gasteiger partial charge >= 0.3 is 0 Å². The van der Waals surface area contributed by atoms with E-state index in [1.165, 1.54) is 17.0 Å². The van der Waals surface area contributed by atoms with Gasteiger partial charge in [-0.15, -0.1) is 0 Å². The van der Waals surface area contributed by atoms with Crippen LogP contribution in [0.3, 0.4) is 0 Å². The summed E-state index contributed by atoms with van der Waals surface area (Å²) in [6.07, 6.45) is 3.89. The number of carbonyl (C=O) groups is 1. The molecular weight excluding hydrogens is 359 g/mol. The van der Waals surface area contributed by atoms with Crippen molar-refractivity contribution in [3.63, 3.8) is 0 Å². The summed E-state index contributed by atoms with van der Waals surface area (Å²) in [7, 11) is 3.13. The van der Waals surface area contributed by atoms with Crippen molar-refractivity contribution < 1.29 is 18.0 Å². The number of hydrogen-bond donors (Lipinski definition) is 0. The molecule has 1 fully saturated rings. The Morgan fingerprint density at radius 3 is 2.35 bits per heavy atom. The highest BCUT2D eigenvalue weighted by Crippen LogP contribution is 2.42. The maximum Gasteiger partial charge on any atom is 0.286 e. The highest BCUT2D eigenvalue weighted by molar-refractivity contribution is 8.13. The van der Waals surface area contributed by atoms with Crippen molar-refractivity contribution in [3.8, 4) is 11.1 Å². The van der Waals surface area contributed by atoms with Crippen LogP contribution in [0, 0.1) is 17.5 Å². The number of nitrogens with zero attached hydrogens (tertiary/aromatic N) is 1. The number of benzene rings is 2. The maximum absolute atomic E-state index is 15.3. The maximum atomic E-state index is 15.3. The number of rotatable bonds is 3. The molecule has 0 heterocycles. The van der Waals surface area contributed by atoms with Crippen molar-refractivity contribution in [2.24, 2.45) is 0 Å². The molecule has 0 unspecified atom stereocenters. The predicted octanol–water partition coefficient (Wildman–Crippen LogP) is 6.20. The van der Waals surface area contributed by atoms with Crippen molar-refractivity contribution in [2.45, 2.75) is 36.5 Å². The van der Waals surface area contributed by atoms with E-state index in [1.807, 2.05) is 0 Å². The molecule has 6 heteroatoms. The van der Waals surface area contributed by atoms with Gasteiger partial charge in [-0.1, -0.05) is 37.1 Å². The molecule has 1 saturated carbocycles. The second kappa shape index (κ2) is 7.74. The third kappa shape index (κ3) is 3.61. The van der Waals surface area contributed by atoms with E-state index in [0.717, 1.165) is 31.7 Å². The topological polar surface area (TPSA) is 20.3 Å². The Bertz CT molecular complexity index is 832. The highest BCUT2D eigenvalue weighted by Gasteiger charge is 2.26. The number of halogens is 3. The summed E-state index contributed by atoms with van der Waals surface area (Å²) in [6, 6.07) is 7.03. The average molecular weight is 379 g/mol. The Hall–Kier alpha value is -1.95. The van der Waals surface area contributed by atoms with Gasteiger partial charge in [0.15, 0.2) is 11.6 Å². The zero-order valence-electron chi connectivity index (χ0n) is 14.7. The molecule has 2 aromatic rings. The molecule has 1 aliphatic rings. The van der Waals surface area contributed by atoms with E-state index in [4.69, 9.17) is 0 Å². The standard InChI is InChI=1S/C20H20F3NOS/c1-24(2)20(25)26-19-15(14-8-5-9-16(21)17(14)22)11-10-13(18(19)23)12-6-3-4-7-12/h5,8-12H,3-4,6-7H2,1-2H3. The van der Waals surface area contributed by atoms with Crippen LogP contribution in [0.2, 0.25) is 0 Å². The van der Waals surface area contributed by atoms with Crippen LogP contribution in [-0.4, -0.2) is 24.2 Å². The monoisotopic (exact) mass is 379 g/mol. The SMILES string of the molecule is CN(C)C(=O)Sc1c(-c2cccc(F)c2F)ccc(C2CCCC2)c1F. The molecule has 2 aromatic carbocycles. The Morgan fingerprint density at radius 1 is 1.00 bits per heavy atom. The first-order valence-corrected chi connectivity index (χ1v) is 9.37. The molecule has 138 valence electrons. The van der Waals surface area contributed by atoms with Gasteiger partial charge in [-0.2, -0.15) is 0 Å². The first-order valence-electron chi connectivity index (χ1n) is 8.56. The lowest BCUT2D eigenvalue weighted by atomic mass is 9.94. The largest absolute Gasteiger partial charge is 0.339 e. The summed E-state index contributed by atoms with van der Waals surface area (Å²) >= 11 is 0.710. The van der Waals surface area contributed by atoms with E-state index in [2.05, 4.69) is 0 Å². The van der Waals surface area contributed by atoms with Gasteiger partial charge in [-0.25, -0.2) is 13.2 Å². The van der Waals surface area contributed by atoms with Gasteiger partial charge in [0.05, 0.1) is 4.90 Å². The minimum atomic E-state index is -1.04. The zero-order chi connectivity index (χ0) is 18.8. The van der Waals surface area contributed by atoms with Crippen molar-refractivity contribution in [1.82, 2.24) is 4.90 Å². The van der Waals surface area contributed by atoms with Crippen LogP contribution in [0.25, 0.3) is 11.1 Å². The molecule has 1 aliphatic carbocycles. The first kappa shape index (κ1) is 18.8. The van der Waals surface area contributed by atoms with Crippen LogP contribution >= 0.6 is 11.8 Å². The van der Waals surface area contributed by atoms with E-state index in [-0.39, 0.29) is 27.2 Å². The lowest BCUT2D eigenvalue weighted by Crippen LogP contribution is -2.16. The van der Waals surface area contributed by atoms with Crippen LogP contribution in [0.4, 0.5) is 18.0 Å². The molecule has 0 saturated heterocycles. The van der Waals surface area contributed by atoms with Crippen LogP contribution in [0.5, 0.6) is 0 Å². The lowest BCUT2D eigenvalue weighted by Gasteiger charge is -2.18. The van der Waals surface area contributed by atoms with Crippen molar-refractivity contribution in [3.05, 3.63) is 53.3 Å². The number of amides is 1. The molecule has 26 heavy (non-hydrogen) atoms. The second-order valence-corrected chi connectivity index (χ2v) is 7.65. The summed E-state index contributed by atoms with van der Waals surface area (Å²) in [5, 5.41) is -0.370. The van der Waals surface area contributed by atoms with Crippen molar-refractivity contribution in [2.75, 3.05) is 14.1 Å². The first-order chi connectivity index (χ1) is 12.4. The molecule has 0 aromatic heterocycles. The number of thioether (sulfide) groups is 1. The molecule has 2 nitrogen and oxygen atoms in total. The fourth-order valence-corrected chi connectivity index (χ4v) is 4.18. The second-order valence-electron chi connectivity index (χ2n) is 6.69. The quantitative estimate of drug-likeness (QED) is 0.592. The van der Waals surface area contributed by atoms with Gasteiger partial charge < -0.3 is 4.90 Å². The van der Waals surface area contributed by atoms with Crippen molar-refractivity contribution in [1.29, 1.82) is 0 Å². The molecular formula is C20H20F3NOS. The summed E-state index contributed by atoms with van der Waals surface area (Å²) < 4.78 is 43.3. The highest BCUT2D eigenvalue weighted by atomic mass is 32.2. The number of hydrogen-bond acceptors (Lipinski definition) is 2. The van der Waals surface area contributed by atoms with Crippen LogP contribution in [0.1, 0.15) is 37.2 Å². The lowest BCUT2D eigenvalue weighted by molar-refractivity contribution is 0.241. The van der Waals surface area contributed by atoms with Crippen LogP contribution in [0.15, 0.2) is 35.2 Å². The molecule has 1 amide bonds. The van der Waals surface area contributed by atoms with E-state index >= 15 is 4.39 Å². The molecule has 0 spiro atoms. The Morgan fingerprint density at radius 2 is 1.69 bits per heavy atom. The van der Waals surface area contributed by atoms with Gasteiger partial charge in [0.25, 0.3) is 5.24 Å². The van der Waals surface area contributed by atoms with Gasteiger partial charge in [-0.05, 0) is 42.2 Å². The summed E-state index contributed by atoms with van der Waals surface area (Å²) in [5.74, 6) is -2.44. The molecule has 3 rings (SSSR count). The molecule has 0 radical (unpaired) electrons. The minimum Gasteiger partial charge on any atom is -0.339 e. The number of carbonyl (C=O) groups excluding carboxylic acids is 1. The Labute approximate surface area is 155 Å². The fraction of sp³-hybridized carbons (Fsp3) is 0.350. The normalized spacial score (nSPS) is 14.7. The third-order valence-electron chi connectivity index (χ3n) is 4.72. The molecule has 0 bridgehead atoms. The van der Waals surface area contributed by atoms with Crippen LogP contribution in [-0.2, 0) is 0 Å². The average Bonchev–Trinajstić information content (AvgIpc) is 3.13. The van der Waals surface area contributed by atoms with Gasteiger partial charge in [-0.3, -0.25) is 4.79 Å². The van der Waals surface area contributed by atoms with Gasteiger partial charge in [0, 0.05) is 25.2 Å². The fourth-order valence-electron chi connectivity index (χ4n) is 3.33. The Balaban J connectivity index is 2.15.